The van der Waals surface area contributed by atoms with Gasteiger partial charge in [0.2, 0.25) is 0 Å². The lowest BCUT2D eigenvalue weighted by atomic mass is 9.63. The number of hydrogen-bond acceptors (Lipinski definition) is 3. The third-order valence-corrected chi connectivity index (χ3v) is 15.5. The predicted molar refractivity (Wildman–Crippen MR) is 291 cm³/mol. The van der Waals surface area contributed by atoms with Crippen molar-refractivity contribution in [3.8, 4) is 11.1 Å². The molecule has 2 nitrogen and oxygen atoms in total. The van der Waals surface area contributed by atoms with Gasteiger partial charge in [-0.3, -0.25) is 0 Å². The molecule has 0 saturated carbocycles. The summed E-state index contributed by atoms with van der Waals surface area (Å²) in [7, 11) is 0. The summed E-state index contributed by atoms with van der Waals surface area (Å²) in [5.74, 6) is 0. The molecule has 1 aliphatic rings. The quantitative estimate of drug-likeness (QED) is 0.157. The minimum absolute atomic E-state index is 0.0252. The van der Waals surface area contributed by atoms with Crippen LogP contribution in [-0.4, -0.2) is 0 Å². The van der Waals surface area contributed by atoms with E-state index in [9.17, 15) is 0 Å². The van der Waals surface area contributed by atoms with Gasteiger partial charge in [-0.05, 0) is 175 Å². The first kappa shape index (κ1) is 47.4. The van der Waals surface area contributed by atoms with Crippen LogP contribution in [0.4, 0.5) is 33.4 Å². The van der Waals surface area contributed by atoms with Gasteiger partial charge >= 0.3 is 0 Å². The van der Waals surface area contributed by atoms with Crippen molar-refractivity contribution >= 4 is 54.9 Å². The van der Waals surface area contributed by atoms with Gasteiger partial charge in [0.1, 0.15) is 5.00 Å². The summed E-state index contributed by atoms with van der Waals surface area (Å²) < 4.78 is 1.29. The van der Waals surface area contributed by atoms with Crippen molar-refractivity contribution in [2.24, 2.45) is 0 Å². The standard InChI is InChI=1S/C63H76N2S/c1-41-34-50(64(48-26-22-45(23-27-48)59(5,6)7)49-28-29-53-54(40-49)63(16,17)33-32-62(53,14)15)39-51(35-41)65(57-37-43-36-46(60(8,9)10)25-31-56(43)66-57)55-30-24-47(61(11,12)13)38-52(55)42-18-20-44(21-19-42)58(2,3)4/h18-31,34-40H,32-33H2,1-17H3. The normalized spacial score (nSPS) is 15.2. The molecule has 0 N–H and O–H groups in total. The van der Waals surface area contributed by atoms with Crippen LogP contribution in [0.15, 0.2) is 127 Å². The summed E-state index contributed by atoms with van der Waals surface area (Å²) in [6.07, 6.45) is 2.36. The maximum absolute atomic E-state index is 2.55. The van der Waals surface area contributed by atoms with E-state index in [1.807, 2.05) is 11.3 Å². The zero-order chi connectivity index (χ0) is 47.9. The number of benzene rings is 6. The number of rotatable bonds is 7. The smallest absolute Gasteiger partial charge is 0.101 e. The molecule has 0 fully saturated rings. The minimum Gasteiger partial charge on any atom is -0.310 e. The molecule has 0 saturated heterocycles. The summed E-state index contributed by atoms with van der Waals surface area (Å²) in [6, 6.07) is 49.9. The fraction of sp³-hybridized carbons (Fsp3) is 0.397. The molecule has 0 bridgehead atoms. The SMILES string of the molecule is Cc1cc(N(c2ccc(C(C)(C)C)cc2)c2ccc3c(c2)C(C)(C)CCC3(C)C)cc(N(c2cc3cc(C(C)(C)C)ccc3s2)c2ccc(C(C)(C)C)cc2-c2ccc(C(C)(C)C)cc2)c1. The fourth-order valence-electron chi connectivity index (χ4n) is 9.84. The van der Waals surface area contributed by atoms with E-state index in [1.165, 1.54) is 89.4 Å². The molecule has 1 aliphatic carbocycles. The first-order chi connectivity index (χ1) is 30.6. The average molecular weight is 893 g/mol. The van der Waals surface area contributed by atoms with Gasteiger partial charge in [0, 0.05) is 33.0 Å². The molecule has 3 heteroatoms. The fourth-order valence-corrected chi connectivity index (χ4v) is 10.9. The highest BCUT2D eigenvalue weighted by Gasteiger charge is 2.37. The molecule has 66 heavy (non-hydrogen) atoms. The first-order valence-corrected chi connectivity index (χ1v) is 25.2. The van der Waals surface area contributed by atoms with Gasteiger partial charge in [-0.15, -0.1) is 11.3 Å². The number of aryl methyl sites for hydroxylation is 1. The van der Waals surface area contributed by atoms with Gasteiger partial charge in [0.15, 0.2) is 0 Å². The van der Waals surface area contributed by atoms with E-state index in [0.29, 0.717) is 0 Å². The zero-order valence-electron chi connectivity index (χ0n) is 43.3. The Morgan fingerprint density at radius 2 is 0.909 bits per heavy atom. The van der Waals surface area contributed by atoms with Gasteiger partial charge in [-0.1, -0.05) is 165 Å². The maximum atomic E-state index is 2.55. The Kier molecular flexibility index (Phi) is 11.9. The first-order valence-electron chi connectivity index (χ1n) is 24.4. The van der Waals surface area contributed by atoms with Gasteiger partial charge in [0.05, 0.1) is 5.69 Å². The second kappa shape index (κ2) is 16.6. The Labute approximate surface area is 403 Å². The maximum Gasteiger partial charge on any atom is 0.101 e. The van der Waals surface area contributed by atoms with Gasteiger partial charge in [-0.2, -0.15) is 0 Å². The molecule has 0 aliphatic heterocycles. The van der Waals surface area contributed by atoms with Crippen molar-refractivity contribution in [3.05, 3.63) is 166 Å². The molecular formula is C63H76N2S. The number of anilines is 6. The molecule has 0 spiro atoms. The van der Waals surface area contributed by atoms with Crippen molar-refractivity contribution in [1.82, 2.24) is 0 Å². The number of nitrogens with zero attached hydrogens (tertiary/aromatic N) is 2. The lowest BCUT2D eigenvalue weighted by molar-refractivity contribution is 0.332. The highest BCUT2D eigenvalue weighted by molar-refractivity contribution is 7.23. The summed E-state index contributed by atoms with van der Waals surface area (Å²) >= 11 is 1.88. The van der Waals surface area contributed by atoms with E-state index < -0.39 is 0 Å². The Balaban J connectivity index is 1.40. The molecule has 7 aromatic rings. The molecule has 6 aromatic carbocycles. The zero-order valence-corrected chi connectivity index (χ0v) is 44.2. The third kappa shape index (κ3) is 9.40. The van der Waals surface area contributed by atoms with E-state index in [0.717, 1.165) is 17.1 Å². The van der Waals surface area contributed by atoms with Crippen LogP contribution in [-0.2, 0) is 32.5 Å². The molecule has 1 aromatic heterocycles. The van der Waals surface area contributed by atoms with E-state index >= 15 is 0 Å². The van der Waals surface area contributed by atoms with Crippen LogP contribution >= 0.6 is 11.3 Å². The minimum atomic E-state index is -0.0252. The topological polar surface area (TPSA) is 6.48 Å². The van der Waals surface area contributed by atoms with Crippen molar-refractivity contribution in [3.63, 3.8) is 0 Å². The summed E-state index contributed by atoms with van der Waals surface area (Å²) in [6.45, 7) is 39.7. The monoisotopic (exact) mass is 893 g/mol. The van der Waals surface area contributed by atoms with Crippen LogP contribution in [0.1, 0.15) is 163 Å². The van der Waals surface area contributed by atoms with E-state index in [2.05, 4.69) is 255 Å². The second-order valence-corrected chi connectivity index (χ2v) is 26.0. The molecule has 0 radical (unpaired) electrons. The van der Waals surface area contributed by atoms with Gasteiger partial charge in [-0.25, -0.2) is 0 Å². The second-order valence-electron chi connectivity index (χ2n) is 24.9. The van der Waals surface area contributed by atoms with Crippen LogP contribution in [0, 0.1) is 6.92 Å². The van der Waals surface area contributed by atoms with E-state index in [1.54, 1.807) is 0 Å². The van der Waals surface area contributed by atoms with Crippen LogP contribution in [0.5, 0.6) is 0 Å². The Morgan fingerprint density at radius 1 is 0.424 bits per heavy atom. The molecule has 344 valence electrons. The van der Waals surface area contributed by atoms with Crippen LogP contribution in [0.3, 0.4) is 0 Å². The number of fused-ring (bicyclic) bond motifs is 2. The van der Waals surface area contributed by atoms with Crippen molar-refractivity contribution in [2.45, 2.75) is 163 Å². The molecule has 8 rings (SSSR count). The summed E-state index contributed by atoms with van der Waals surface area (Å²) in [5, 5.41) is 2.48. The van der Waals surface area contributed by atoms with Crippen LogP contribution < -0.4 is 9.80 Å². The predicted octanol–water partition coefficient (Wildman–Crippen LogP) is 19.4. The van der Waals surface area contributed by atoms with E-state index in [-0.39, 0.29) is 32.5 Å². The molecule has 0 unspecified atom stereocenters. The molecule has 1 heterocycles. The van der Waals surface area contributed by atoms with Gasteiger partial charge in [0.25, 0.3) is 0 Å². The largest absolute Gasteiger partial charge is 0.310 e. The highest BCUT2D eigenvalue weighted by atomic mass is 32.1. The van der Waals surface area contributed by atoms with E-state index in [4.69, 9.17) is 0 Å². The Bertz CT molecular complexity index is 2890. The number of thiophene rings is 1. The third-order valence-electron chi connectivity index (χ3n) is 14.4. The highest BCUT2D eigenvalue weighted by Crippen LogP contribution is 2.51. The Hall–Kier alpha value is -5.12. The van der Waals surface area contributed by atoms with Crippen LogP contribution in [0.25, 0.3) is 21.2 Å². The molecule has 0 amide bonds. The number of hydrogen-bond donors (Lipinski definition) is 0. The lowest BCUT2D eigenvalue weighted by Crippen LogP contribution is -2.34. The Morgan fingerprint density at radius 3 is 1.48 bits per heavy atom. The summed E-state index contributed by atoms with van der Waals surface area (Å²) in [5.41, 5.74) is 18.1. The van der Waals surface area contributed by atoms with Gasteiger partial charge < -0.3 is 9.80 Å². The molecular weight excluding hydrogens is 817 g/mol. The van der Waals surface area contributed by atoms with Crippen molar-refractivity contribution in [1.29, 1.82) is 0 Å². The van der Waals surface area contributed by atoms with Crippen molar-refractivity contribution < 1.29 is 0 Å². The van der Waals surface area contributed by atoms with Crippen molar-refractivity contribution in [2.75, 3.05) is 9.80 Å². The summed E-state index contributed by atoms with van der Waals surface area (Å²) in [4.78, 5) is 5.06. The van der Waals surface area contributed by atoms with Crippen LogP contribution in [0.2, 0.25) is 0 Å². The molecule has 0 atom stereocenters. The average Bonchev–Trinajstić information content (AvgIpc) is 3.65. The lowest BCUT2D eigenvalue weighted by Gasteiger charge is -2.42.